The number of rotatable bonds is 2. The van der Waals surface area contributed by atoms with E-state index in [4.69, 9.17) is 17.5 Å². The summed E-state index contributed by atoms with van der Waals surface area (Å²) in [6.45, 7) is 3.76. The molecule has 0 radical (unpaired) electrons. The first kappa shape index (κ1) is 8.56. The van der Waals surface area contributed by atoms with Gasteiger partial charge in [-0.1, -0.05) is 6.92 Å². The van der Waals surface area contributed by atoms with Gasteiger partial charge in [0.25, 0.3) is 0 Å². The molecule has 9 heavy (non-hydrogen) atoms. The van der Waals surface area contributed by atoms with Crippen LogP contribution in [0.1, 0.15) is 20.3 Å². The third-order valence-electron chi connectivity index (χ3n) is 1.19. The maximum absolute atomic E-state index is 10.3. The van der Waals surface area contributed by atoms with Gasteiger partial charge in [-0.2, -0.15) is 0 Å². The minimum Gasteiger partial charge on any atom is -0.350 e. The highest BCUT2D eigenvalue weighted by Crippen LogP contribution is 2.04. The van der Waals surface area contributed by atoms with E-state index in [0.29, 0.717) is 0 Å². The number of nitrogens with zero attached hydrogens (tertiary/aromatic N) is 1. The lowest BCUT2D eigenvalue weighted by atomic mass is 10.3. The zero-order chi connectivity index (χ0) is 7.44. The summed E-state index contributed by atoms with van der Waals surface area (Å²) in [5.74, 6) is 0. The van der Waals surface area contributed by atoms with E-state index in [1.54, 1.807) is 0 Å². The van der Waals surface area contributed by atoms with Gasteiger partial charge in [0.1, 0.15) is 0 Å². The molecule has 4 heteroatoms. The zero-order valence-electron chi connectivity index (χ0n) is 5.60. The van der Waals surface area contributed by atoms with Crippen molar-refractivity contribution < 1.29 is 4.79 Å². The van der Waals surface area contributed by atoms with Crippen molar-refractivity contribution >= 4 is 17.8 Å². The summed E-state index contributed by atoms with van der Waals surface area (Å²) in [7, 11) is 0. The molecular weight excluding hydrogens is 140 g/mol. The van der Waals surface area contributed by atoms with Crippen molar-refractivity contribution in [2.45, 2.75) is 26.3 Å². The third-order valence-corrected chi connectivity index (χ3v) is 1.69. The van der Waals surface area contributed by atoms with E-state index < -0.39 is 6.03 Å². The first-order valence-corrected chi connectivity index (χ1v) is 3.17. The van der Waals surface area contributed by atoms with E-state index in [0.717, 1.165) is 10.8 Å². The number of urea groups is 1. The monoisotopic (exact) mass is 150 g/mol. The van der Waals surface area contributed by atoms with Crippen molar-refractivity contribution in [3.8, 4) is 0 Å². The van der Waals surface area contributed by atoms with Gasteiger partial charge in [0, 0.05) is 17.8 Å². The van der Waals surface area contributed by atoms with E-state index in [2.05, 4.69) is 0 Å². The Kier molecular flexibility index (Phi) is 3.39. The molecule has 3 nitrogen and oxygen atoms in total. The largest absolute Gasteiger partial charge is 0.350 e. The second kappa shape index (κ2) is 3.56. The minimum atomic E-state index is -0.592. The summed E-state index contributed by atoms with van der Waals surface area (Å²) in [6.07, 6.45) is 0.812. The number of nitrogens with two attached hydrogens (primary N) is 1. The van der Waals surface area contributed by atoms with Gasteiger partial charge in [0.2, 0.25) is 0 Å². The predicted octanol–water partition coefficient (Wildman–Crippen LogP) is 1.32. The van der Waals surface area contributed by atoms with Crippen LogP contribution in [0.25, 0.3) is 0 Å². The molecule has 0 heterocycles. The van der Waals surface area contributed by atoms with E-state index in [-0.39, 0.29) is 6.04 Å². The Hall–Kier alpha value is -0.440. The van der Waals surface area contributed by atoms with Crippen LogP contribution in [0, 0.1) is 0 Å². The Bertz CT molecular complexity index is 107. The van der Waals surface area contributed by atoms with Gasteiger partial charge in [0.15, 0.2) is 0 Å². The van der Waals surface area contributed by atoms with Crippen molar-refractivity contribution in [1.82, 2.24) is 4.42 Å². The maximum atomic E-state index is 10.3. The number of carbonyl (C=O) groups is 1. The Morgan fingerprint density at radius 1 is 1.89 bits per heavy atom. The lowest BCUT2D eigenvalue weighted by molar-refractivity contribution is 0.224. The molecule has 1 atom stereocenters. The number of hydrogen-bond acceptors (Lipinski definition) is 1. The van der Waals surface area contributed by atoms with Gasteiger partial charge in [-0.25, -0.2) is 9.21 Å². The van der Waals surface area contributed by atoms with Crippen LogP contribution in [-0.2, 0) is 0 Å². The van der Waals surface area contributed by atoms with Crippen molar-refractivity contribution in [3.63, 3.8) is 0 Å². The van der Waals surface area contributed by atoms with Gasteiger partial charge >= 0.3 is 6.03 Å². The summed E-state index contributed by atoms with van der Waals surface area (Å²) in [5.41, 5.74) is 4.87. The Morgan fingerprint density at radius 3 is 2.44 bits per heavy atom. The Balaban J connectivity index is 3.72. The molecule has 2 N–H and O–H groups in total. The summed E-state index contributed by atoms with van der Waals surface area (Å²) in [6, 6.07) is -0.574. The molecule has 0 rings (SSSR count). The lowest BCUT2D eigenvalue weighted by Gasteiger charge is -2.16. The summed E-state index contributed by atoms with van der Waals surface area (Å²) in [5, 5.41) is 0. The quantitative estimate of drug-likeness (QED) is 0.593. The van der Waals surface area contributed by atoms with Gasteiger partial charge in [-0.3, -0.25) is 0 Å². The first-order valence-electron chi connectivity index (χ1n) is 2.84. The van der Waals surface area contributed by atoms with Gasteiger partial charge in [0.05, 0.1) is 0 Å². The first-order chi connectivity index (χ1) is 4.09. The van der Waals surface area contributed by atoms with Crippen molar-refractivity contribution in [2.24, 2.45) is 5.73 Å². The van der Waals surface area contributed by atoms with Crippen LogP contribution in [0.4, 0.5) is 4.79 Å². The van der Waals surface area contributed by atoms with E-state index in [1.807, 2.05) is 13.8 Å². The van der Waals surface area contributed by atoms with Gasteiger partial charge in [-0.05, 0) is 13.3 Å². The SMILES string of the molecule is CCC(C)N(Cl)C(N)=O. The zero-order valence-corrected chi connectivity index (χ0v) is 6.35. The van der Waals surface area contributed by atoms with Crippen LogP contribution in [0.2, 0.25) is 0 Å². The lowest BCUT2D eigenvalue weighted by Crippen LogP contribution is -2.34. The fourth-order valence-corrected chi connectivity index (χ4v) is 0.516. The molecule has 0 aliphatic carbocycles. The molecule has 0 saturated heterocycles. The molecular formula is C5H11ClN2O. The van der Waals surface area contributed by atoms with Crippen molar-refractivity contribution in [2.75, 3.05) is 0 Å². The van der Waals surface area contributed by atoms with Crippen LogP contribution in [0.5, 0.6) is 0 Å². The topological polar surface area (TPSA) is 46.3 Å². The second-order valence-electron chi connectivity index (χ2n) is 1.91. The molecule has 0 aromatic heterocycles. The normalized spacial score (nSPS) is 12.8. The van der Waals surface area contributed by atoms with E-state index in [9.17, 15) is 4.79 Å². The van der Waals surface area contributed by atoms with E-state index >= 15 is 0 Å². The molecule has 0 bridgehead atoms. The summed E-state index contributed by atoms with van der Waals surface area (Å²) in [4.78, 5) is 10.3. The minimum absolute atomic E-state index is 0.0177. The fraction of sp³-hybridized carbons (Fsp3) is 0.800. The molecule has 0 saturated carbocycles. The van der Waals surface area contributed by atoms with Crippen molar-refractivity contribution in [3.05, 3.63) is 0 Å². The summed E-state index contributed by atoms with van der Waals surface area (Å²) >= 11 is 5.43. The molecule has 2 amide bonds. The molecule has 0 fully saturated rings. The highest BCUT2D eigenvalue weighted by molar-refractivity contribution is 6.20. The van der Waals surface area contributed by atoms with Gasteiger partial charge in [-0.15, -0.1) is 0 Å². The van der Waals surface area contributed by atoms with Crippen LogP contribution >= 0.6 is 11.8 Å². The van der Waals surface area contributed by atoms with Crippen molar-refractivity contribution in [1.29, 1.82) is 0 Å². The number of primary amides is 1. The average molecular weight is 151 g/mol. The number of carbonyl (C=O) groups excluding carboxylic acids is 1. The molecule has 54 valence electrons. The maximum Gasteiger partial charge on any atom is 0.329 e. The van der Waals surface area contributed by atoms with E-state index in [1.165, 1.54) is 0 Å². The molecule has 1 unspecified atom stereocenters. The molecule has 0 aromatic rings. The smallest absolute Gasteiger partial charge is 0.329 e. The van der Waals surface area contributed by atoms with Crippen LogP contribution in [0.3, 0.4) is 0 Å². The highest BCUT2D eigenvalue weighted by atomic mass is 35.5. The van der Waals surface area contributed by atoms with Gasteiger partial charge < -0.3 is 5.73 Å². The predicted molar refractivity (Wildman–Crippen MR) is 37.0 cm³/mol. The Morgan fingerprint density at radius 2 is 2.33 bits per heavy atom. The number of amides is 2. The second-order valence-corrected chi connectivity index (χ2v) is 2.27. The number of hydrogen-bond donors (Lipinski definition) is 1. The molecule has 0 spiro atoms. The third kappa shape index (κ3) is 2.56. The average Bonchev–Trinajstić information content (AvgIpc) is 1.84. The summed E-state index contributed by atoms with van der Waals surface area (Å²) < 4.78 is 1.00. The standard InChI is InChI=1S/C5H11ClN2O/c1-3-4(2)8(6)5(7)9/h4H,3H2,1-2H3,(H2,7,9). The van der Waals surface area contributed by atoms with Crippen LogP contribution in [-0.4, -0.2) is 16.5 Å². The van der Waals surface area contributed by atoms with Crippen LogP contribution in [0.15, 0.2) is 0 Å². The van der Waals surface area contributed by atoms with Crippen LogP contribution < -0.4 is 5.73 Å². The number of halogens is 1. The highest BCUT2D eigenvalue weighted by Gasteiger charge is 2.11. The molecule has 0 aliphatic heterocycles. The Labute approximate surface area is 59.9 Å². The fourth-order valence-electron chi connectivity index (χ4n) is 0.378. The molecule has 0 aliphatic rings. The molecule has 0 aromatic carbocycles.